The zero-order valence-corrected chi connectivity index (χ0v) is 69.3. The SMILES string of the molecule is CCCCCCCCCCCCCCCCCCCCCCCC(=O)O[C@H](COC(=O)CCCCCCCCCCCCCCCCC)COP(=O)(O)OC[C@@H](O)COP(=O)(O)OC[C@@H](COC(=O)CCCCCCCCCCCC(C)C)OC(=O)CCCCCCCCCCCCCCCCC. The summed E-state index contributed by atoms with van der Waals surface area (Å²) in [6.45, 7) is 7.34. The number of hydrogen-bond donors (Lipinski definition) is 3. The molecule has 0 aliphatic rings. The third-order valence-corrected chi connectivity index (χ3v) is 21.7. The molecule has 0 aromatic carbocycles. The van der Waals surface area contributed by atoms with E-state index in [0.717, 1.165) is 95.8 Å². The summed E-state index contributed by atoms with van der Waals surface area (Å²) in [5, 5.41) is 10.7. The lowest BCUT2D eigenvalue weighted by molar-refractivity contribution is -0.161. The van der Waals surface area contributed by atoms with Crippen LogP contribution in [0, 0.1) is 5.92 Å². The lowest BCUT2D eigenvalue weighted by atomic mass is 10.0. The van der Waals surface area contributed by atoms with Gasteiger partial charge in [0.1, 0.15) is 19.3 Å². The molecule has 0 aromatic rings. The molecular formula is C84H164O17P2. The Morgan fingerprint density at radius 2 is 0.447 bits per heavy atom. The largest absolute Gasteiger partial charge is 0.472 e. The molecule has 103 heavy (non-hydrogen) atoms. The summed E-state index contributed by atoms with van der Waals surface area (Å²) in [5.41, 5.74) is 0. The van der Waals surface area contributed by atoms with Gasteiger partial charge in [0.2, 0.25) is 0 Å². The summed E-state index contributed by atoms with van der Waals surface area (Å²) >= 11 is 0. The minimum Gasteiger partial charge on any atom is -0.462 e. The van der Waals surface area contributed by atoms with Crippen LogP contribution in [0.3, 0.4) is 0 Å². The summed E-state index contributed by atoms with van der Waals surface area (Å²) in [5.74, 6) is -1.36. The first kappa shape index (κ1) is 101. The van der Waals surface area contributed by atoms with Gasteiger partial charge in [-0.2, -0.15) is 0 Å². The number of rotatable bonds is 84. The van der Waals surface area contributed by atoms with Crippen LogP contribution in [0.4, 0.5) is 0 Å². The predicted octanol–water partition coefficient (Wildman–Crippen LogP) is 25.6. The van der Waals surface area contributed by atoms with E-state index in [1.54, 1.807) is 0 Å². The van der Waals surface area contributed by atoms with Gasteiger partial charge in [-0.15, -0.1) is 0 Å². The number of carbonyl (C=O) groups is 4. The van der Waals surface area contributed by atoms with Gasteiger partial charge >= 0.3 is 39.5 Å². The first-order chi connectivity index (χ1) is 50.0. The van der Waals surface area contributed by atoms with Crippen molar-refractivity contribution in [1.29, 1.82) is 0 Å². The fourth-order valence-electron chi connectivity index (χ4n) is 13.1. The molecule has 2 unspecified atom stereocenters. The van der Waals surface area contributed by atoms with Gasteiger partial charge in [0.15, 0.2) is 12.2 Å². The Hall–Kier alpha value is -1.94. The molecule has 0 spiro atoms. The molecule has 0 amide bonds. The molecule has 0 heterocycles. The molecule has 3 N–H and O–H groups in total. The van der Waals surface area contributed by atoms with Gasteiger partial charge < -0.3 is 33.8 Å². The maximum absolute atomic E-state index is 13.1. The van der Waals surface area contributed by atoms with Crippen molar-refractivity contribution in [3.8, 4) is 0 Å². The third kappa shape index (κ3) is 78.0. The molecule has 612 valence electrons. The van der Waals surface area contributed by atoms with Crippen LogP contribution in [0.25, 0.3) is 0 Å². The molecular weight excluding hydrogens is 1340 g/mol. The van der Waals surface area contributed by atoms with Gasteiger partial charge in [0.25, 0.3) is 0 Å². The summed E-state index contributed by atoms with van der Waals surface area (Å²) in [6, 6.07) is 0. The maximum atomic E-state index is 13.1. The van der Waals surface area contributed by atoms with Crippen LogP contribution in [0.5, 0.6) is 0 Å². The number of phosphoric acid groups is 2. The number of aliphatic hydroxyl groups excluding tert-OH is 1. The lowest BCUT2D eigenvalue weighted by Crippen LogP contribution is -2.30. The maximum Gasteiger partial charge on any atom is 0.472 e. The minimum atomic E-state index is -4.96. The number of phosphoric ester groups is 2. The molecule has 0 saturated heterocycles. The van der Waals surface area contributed by atoms with Crippen LogP contribution >= 0.6 is 15.6 Å². The zero-order chi connectivity index (χ0) is 75.5. The molecule has 19 heteroatoms. The van der Waals surface area contributed by atoms with Gasteiger partial charge in [-0.05, 0) is 31.6 Å². The van der Waals surface area contributed by atoms with E-state index in [1.165, 1.54) is 276 Å². The van der Waals surface area contributed by atoms with Crippen LogP contribution in [-0.2, 0) is 65.4 Å². The van der Waals surface area contributed by atoms with Crippen molar-refractivity contribution in [2.45, 2.75) is 470 Å². The Morgan fingerprint density at radius 3 is 0.660 bits per heavy atom. The smallest absolute Gasteiger partial charge is 0.462 e. The van der Waals surface area contributed by atoms with Crippen molar-refractivity contribution in [3.63, 3.8) is 0 Å². The normalized spacial score (nSPS) is 13.8. The van der Waals surface area contributed by atoms with Crippen molar-refractivity contribution in [2.24, 2.45) is 5.92 Å². The highest BCUT2D eigenvalue weighted by Gasteiger charge is 2.30. The third-order valence-electron chi connectivity index (χ3n) is 19.8. The zero-order valence-electron chi connectivity index (χ0n) is 67.5. The topological polar surface area (TPSA) is 237 Å². The van der Waals surface area contributed by atoms with E-state index in [4.69, 9.17) is 37.0 Å². The molecule has 0 bridgehead atoms. The number of unbranched alkanes of at least 4 members (excludes halogenated alkanes) is 56. The van der Waals surface area contributed by atoms with Crippen molar-refractivity contribution in [2.75, 3.05) is 39.6 Å². The fraction of sp³-hybridized carbons (Fsp3) is 0.952. The molecule has 0 fully saturated rings. The van der Waals surface area contributed by atoms with E-state index >= 15 is 0 Å². The molecule has 0 aliphatic carbocycles. The second kappa shape index (κ2) is 76.8. The molecule has 0 aromatic heterocycles. The summed E-state index contributed by atoms with van der Waals surface area (Å²) in [7, 11) is -9.92. The molecule has 0 radical (unpaired) electrons. The second-order valence-corrected chi connectivity index (χ2v) is 33.6. The van der Waals surface area contributed by atoms with E-state index in [2.05, 4.69) is 34.6 Å². The van der Waals surface area contributed by atoms with Crippen molar-refractivity contribution in [1.82, 2.24) is 0 Å². The standard InChI is InChI=1S/C84H164O17P2/c1-6-9-12-15-18-21-24-27-30-31-32-33-34-35-38-41-44-49-55-60-65-70-84(89)100-79(73-94-81(86)67-62-57-52-47-42-39-36-28-25-22-19-16-13-10-7-2)75-98-102(90,91)96-71-78(85)72-97-103(92,93)99-76-80(74-95-82(87)68-63-58-53-50-45-46-51-56-61-66-77(4)5)101-83(88)69-64-59-54-48-43-40-37-29-26-23-20-17-14-11-8-3/h77-80,85H,6-76H2,1-5H3,(H,90,91)(H,92,93)/t78-,79-,80-/m1/s1. The van der Waals surface area contributed by atoms with Crippen LogP contribution in [-0.4, -0.2) is 96.7 Å². The van der Waals surface area contributed by atoms with Gasteiger partial charge in [-0.25, -0.2) is 9.13 Å². The Morgan fingerprint density at radius 1 is 0.262 bits per heavy atom. The van der Waals surface area contributed by atoms with Crippen molar-refractivity contribution >= 4 is 39.5 Å². The van der Waals surface area contributed by atoms with E-state index in [0.29, 0.717) is 25.7 Å². The van der Waals surface area contributed by atoms with Crippen LogP contribution < -0.4 is 0 Å². The average molecular weight is 1510 g/mol. The Labute approximate surface area is 632 Å². The average Bonchev–Trinajstić information content (AvgIpc) is 0.938. The molecule has 0 saturated carbocycles. The van der Waals surface area contributed by atoms with Gasteiger partial charge in [0.05, 0.1) is 26.4 Å². The van der Waals surface area contributed by atoms with Crippen LogP contribution in [0.1, 0.15) is 452 Å². The summed E-state index contributed by atoms with van der Waals surface area (Å²) in [4.78, 5) is 73.2. The Bertz CT molecular complexity index is 1960. The first-order valence-electron chi connectivity index (χ1n) is 43.6. The van der Waals surface area contributed by atoms with E-state index in [1.807, 2.05) is 0 Å². The number of esters is 4. The van der Waals surface area contributed by atoms with E-state index in [9.17, 15) is 43.2 Å². The quantitative estimate of drug-likeness (QED) is 0.0222. The van der Waals surface area contributed by atoms with Crippen molar-refractivity contribution in [3.05, 3.63) is 0 Å². The van der Waals surface area contributed by atoms with Gasteiger partial charge in [-0.1, -0.05) is 401 Å². The molecule has 17 nitrogen and oxygen atoms in total. The molecule has 0 rings (SSSR count). The van der Waals surface area contributed by atoms with Gasteiger partial charge in [0, 0.05) is 25.7 Å². The number of aliphatic hydroxyl groups is 1. The van der Waals surface area contributed by atoms with E-state index in [-0.39, 0.29) is 25.7 Å². The van der Waals surface area contributed by atoms with Crippen molar-refractivity contribution < 1.29 is 80.2 Å². The summed E-state index contributed by atoms with van der Waals surface area (Å²) in [6.07, 6.45) is 69.4. The molecule has 5 atom stereocenters. The molecule has 0 aliphatic heterocycles. The predicted molar refractivity (Wildman–Crippen MR) is 423 cm³/mol. The second-order valence-electron chi connectivity index (χ2n) is 30.7. The highest BCUT2D eigenvalue weighted by atomic mass is 31.2. The van der Waals surface area contributed by atoms with Crippen LogP contribution in [0.2, 0.25) is 0 Å². The summed E-state index contributed by atoms with van der Waals surface area (Å²) < 4.78 is 68.8. The highest BCUT2D eigenvalue weighted by Crippen LogP contribution is 2.45. The first-order valence-corrected chi connectivity index (χ1v) is 46.6. The number of carbonyl (C=O) groups excluding carboxylic acids is 4. The lowest BCUT2D eigenvalue weighted by Gasteiger charge is -2.21. The number of ether oxygens (including phenoxy) is 4. The van der Waals surface area contributed by atoms with Crippen LogP contribution in [0.15, 0.2) is 0 Å². The van der Waals surface area contributed by atoms with E-state index < -0.39 is 97.5 Å². The Kier molecular flexibility index (Phi) is 75.4. The fourth-order valence-corrected chi connectivity index (χ4v) is 14.7. The monoisotopic (exact) mass is 1510 g/mol. The Balaban J connectivity index is 5.24. The minimum absolute atomic E-state index is 0.108. The highest BCUT2D eigenvalue weighted by molar-refractivity contribution is 7.47. The number of hydrogen-bond acceptors (Lipinski definition) is 15. The van der Waals surface area contributed by atoms with Gasteiger partial charge in [-0.3, -0.25) is 37.3 Å².